The second-order valence-electron chi connectivity index (χ2n) is 7.67. The van der Waals surface area contributed by atoms with Crippen LogP contribution >= 0.6 is 0 Å². The lowest BCUT2D eigenvalue weighted by atomic mass is 9.92. The Morgan fingerprint density at radius 2 is 1.71 bits per heavy atom. The summed E-state index contributed by atoms with van der Waals surface area (Å²) in [5.74, 6) is 2.01. The van der Waals surface area contributed by atoms with Crippen LogP contribution in [0.1, 0.15) is 26.7 Å². The standard InChI is InChI=1S/C19H39N5O3S/c1-4-17(5-2)18(24-8-12-27-13-9-24)16-22-19(20-3)21-6-7-23-10-14-28(25,26)15-11-23/h17-18H,4-16H2,1-3H3,(H2,20,21,22). The SMILES string of the molecule is CCC(CC)C(CNC(=NC)NCCN1CCS(=O)(=O)CC1)N1CCOCC1. The molecule has 0 bridgehead atoms. The molecule has 1 unspecified atom stereocenters. The van der Waals surface area contributed by atoms with Gasteiger partial charge in [0.1, 0.15) is 0 Å². The van der Waals surface area contributed by atoms with Crippen LogP contribution < -0.4 is 10.6 Å². The van der Waals surface area contributed by atoms with Gasteiger partial charge in [0, 0.05) is 58.9 Å². The number of sulfone groups is 1. The maximum Gasteiger partial charge on any atom is 0.191 e. The van der Waals surface area contributed by atoms with Gasteiger partial charge in [-0.05, 0) is 5.92 Å². The minimum Gasteiger partial charge on any atom is -0.379 e. The van der Waals surface area contributed by atoms with Gasteiger partial charge in [0.2, 0.25) is 0 Å². The van der Waals surface area contributed by atoms with E-state index in [2.05, 4.69) is 39.3 Å². The molecule has 28 heavy (non-hydrogen) atoms. The monoisotopic (exact) mass is 417 g/mol. The molecular formula is C19H39N5O3S. The van der Waals surface area contributed by atoms with Gasteiger partial charge in [-0.15, -0.1) is 0 Å². The maximum absolute atomic E-state index is 11.5. The molecule has 2 aliphatic rings. The maximum atomic E-state index is 11.5. The second-order valence-corrected chi connectivity index (χ2v) is 9.97. The Labute approximate surface area is 171 Å². The molecule has 2 heterocycles. The van der Waals surface area contributed by atoms with Gasteiger partial charge in [-0.3, -0.25) is 14.8 Å². The van der Waals surface area contributed by atoms with Crippen molar-refractivity contribution in [2.75, 3.05) is 77.6 Å². The Morgan fingerprint density at radius 1 is 1.07 bits per heavy atom. The van der Waals surface area contributed by atoms with Crippen molar-refractivity contribution in [3.63, 3.8) is 0 Å². The number of guanidine groups is 1. The number of ether oxygens (including phenoxy) is 1. The van der Waals surface area contributed by atoms with E-state index in [-0.39, 0.29) is 11.5 Å². The Morgan fingerprint density at radius 3 is 2.29 bits per heavy atom. The van der Waals surface area contributed by atoms with Gasteiger partial charge in [0.05, 0.1) is 24.7 Å². The molecule has 2 fully saturated rings. The molecule has 0 spiro atoms. The molecule has 2 saturated heterocycles. The van der Waals surface area contributed by atoms with Crippen LogP contribution in [0.2, 0.25) is 0 Å². The molecule has 9 heteroatoms. The molecule has 0 radical (unpaired) electrons. The average molecular weight is 418 g/mol. The Balaban J connectivity index is 1.78. The summed E-state index contributed by atoms with van der Waals surface area (Å²) in [6.07, 6.45) is 2.34. The summed E-state index contributed by atoms with van der Waals surface area (Å²) < 4.78 is 28.6. The van der Waals surface area contributed by atoms with E-state index in [1.807, 2.05) is 0 Å². The number of nitrogens with zero attached hydrogens (tertiary/aromatic N) is 3. The van der Waals surface area contributed by atoms with E-state index in [0.29, 0.717) is 25.0 Å². The summed E-state index contributed by atoms with van der Waals surface area (Å²) in [4.78, 5) is 9.11. The lowest BCUT2D eigenvalue weighted by molar-refractivity contribution is 0.00272. The van der Waals surface area contributed by atoms with E-state index < -0.39 is 9.84 Å². The zero-order chi connectivity index (χ0) is 20.4. The number of morpholine rings is 1. The molecule has 8 nitrogen and oxygen atoms in total. The van der Waals surface area contributed by atoms with E-state index in [0.717, 1.165) is 51.9 Å². The highest BCUT2D eigenvalue weighted by atomic mass is 32.2. The first-order chi connectivity index (χ1) is 13.5. The van der Waals surface area contributed by atoms with Crippen molar-refractivity contribution >= 4 is 15.8 Å². The molecule has 0 aromatic rings. The van der Waals surface area contributed by atoms with Crippen LogP contribution in [-0.4, -0.2) is 108 Å². The Hall–Kier alpha value is -0.900. The fourth-order valence-electron chi connectivity index (χ4n) is 4.06. The van der Waals surface area contributed by atoms with Gasteiger partial charge < -0.3 is 15.4 Å². The first-order valence-electron chi connectivity index (χ1n) is 10.7. The summed E-state index contributed by atoms with van der Waals surface area (Å²) in [5.41, 5.74) is 0. The van der Waals surface area contributed by atoms with E-state index in [9.17, 15) is 8.42 Å². The zero-order valence-corrected chi connectivity index (χ0v) is 18.6. The van der Waals surface area contributed by atoms with Crippen molar-refractivity contribution < 1.29 is 13.2 Å². The van der Waals surface area contributed by atoms with Crippen LogP contribution in [0, 0.1) is 5.92 Å². The summed E-state index contributed by atoms with van der Waals surface area (Å²) in [5, 5.41) is 6.88. The van der Waals surface area contributed by atoms with Crippen LogP contribution in [0.5, 0.6) is 0 Å². The van der Waals surface area contributed by atoms with Crippen molar-refractivity contribution in [2.45, 2.75) is 32.7 Å². The fraction of sp³-hybridized carbons (Fsp3) is 0.947. The van der Waals surface area contributed by atoms with Gasteiger partial charge in [0.15, 0.2) is 15.8 Å². The lowest BCUT2D eigenvalue weighted by Crippen LogP contribution is -2.53. The van der Waals surface area contributed by atoms with Gasteiger partial charge in [0.25, 0.3) is 0 Å². The highest BCUT2D eigenvalue weighted by Crippen LogP contribution is 2.19. The topological polar surface area (TPSA) is 86.3 Å². The molecule has 0 saturated carbocycles. The van der Waals surface area contributed by atoms with Crippen LogP contribution in [-0.2, 0) is 14.6 Å². The molecule has 2 N–H and O–H groups in total. The zero-order valence-electron chi connectivity index (χ0n) is 17.8. The van der Waals surface area contributed by atoms with Crippen molar-refractivity contribution in [2.24, 2.45) is 10.9 Å². The molecule has 2 aliphatic heterocycles. The van der Waals surface area contributed by atoms with Crippen molar-refractivity contribution in [1.29, 1.82) is 0 Å². The van der Waals surface area contributed by atoms with Gasteiger partial charge in [-0.25, -0.2) is 8.42 Å². The highest BCUT2D eigenvalue weighted by molar-refractivity contribution is 7.91. The lowest BCUT2D eigenvalue weighted by Gasteiger charge is -2.39. The van der Waals surface area contributed by atoms with Crippen molar-refractivity contribution in [3.8, 4) is 0 Å². The normalized spacial score (nSPS) is 22.9. The molecule has 0 aromatic carbocycles. The minimum atomic E-state index is -2.82. The largest absolute Gasteiger partial charge is 0.379 e. The van der Waals surface area contributed by atoms with Crippen LogP contribution in [0.25, 0.3) is 0 Å². The molecule has 0 aromatic heterocycles. The Bertz CT molecular complexity index is 560. The minimum absolute atomic E-state index is 0.274. The third-order valence-corrected chi connectivity index (χ3v) is 7.58. The Kier molecular flexibility index (Phi) is 9.98. The highest BCUT2D eigenvalue weighted by Gasteiger charge is 2.27. The molecule has 0 aliphatic carbocycles. The predicted molar refractivity (Wildman–Crippen MR) is 115 cm³/mol. The van der Waals surface area contributed by atoms with Gasteiger partial charge in [-0.2, -0.15) is 0 Å². The van der Waals surface area contributed by atoms with Crippen LogP contribution in [0.4, 0.5) is 0 Å². The first kappa shape index (κ1) is 23.4. The summed E-state index contributed by atoms with van der Waals surface area (Å²) in [6, 6.07) is 0.477. The van der Waals surface area contributed by atoms with Crippen LogP contribution in [0.15, 0.2) is 4.99 Å². The molecule has 1 atom stereocenters. The van der Waals surface area contributed by atoms with Crippen molar-refractivity contribution in [1.82, 2.24) is 20.4 Å². The third-order valence-electron chi connectivity index (χ3n) is 5.97. The number of nitrogens with one attached hydrogen (secondary N) is 2. The van der Waals surface area contributed by atoms with Gasteiger partial charge in [-0.1, -0.05) is 26.7 Å². The third kappa shape index (κ3) is 7.50. The summed E-state index contributed by atoms with van der Waals surface area (Å²) >= 11 is 0. The number of rotatable bonds is 9. The quantitative estimate of drug-likeness (QED) is 0.404. The molecule has 0 amide bonds. The number of hydrogen-bond donors (Lipinski definition) is 2. The van der Waals surface area contributed by atoms with E-state index in [1.54, 1.807) is 7.05 Å². The molecule has 164 valence electrons. The number of hydrogen-bond acceptors (Lipinski definition) is 6. The van der Waals surface area contributed by atoms with Gasteiger partial charge >= 0.3 is 0 Å². The average Bonchev–Trinajstić information content (AvgIpc) is 2.71. The number of aliphatic imine (C=N–C) groups is 1. The smallest absolute Gasteiger partial charge is 0.191 e. The second kappa shape index (κ2) is 11.9. The fourth-order valence-corrected chi connectivity index (χ4v) is 5.34. The van der Waals surface area contributed by atoms with Crippen molar-refractivity contribution in [3.05, 3.63) is 0 Å². The van der Waals surface area contributed by atoms with E-state index in [4.69, 9.17) is 4.74 Å². The predicted octanol–water partition coefficient (Wildman–Crippen LogP) is 0.0188. The molecular weight excluding hydrogens is 378 g/mol. The first-order valence-corrected chi connectivity index (χ1v) is 12.5. The summed E-state index contributed by atoms with van der Waals surface area (Å²) in [7, 11) is -1.02. The van der Waals surface area contributed by atoms with E-state index in [1.165, 1.54) is 12.8 Å². The van der Waals surface area contributed by atoms with E-state index >= 15 is 0 Å². The van der Waals surface area contributed by atoms with Crippen LogP contribution in [0.3, 0.4) is 0 Å². The molecule has 2 rings (SSSR count). The summed E-state index contributed by atoms with van der Waals surface area (Å²) in [6.45, 7) is 11.9.